The number of β-amino-alcohol motifs (C(OH)–C–C–N with tert-alkyl or cyclic N) is 1. The molecule has 5 heteroatoms. The van der Waals surface area contributed by atoms with Crippen LogP contribution < -0.4 is 5.32 Å². The van der Waals surface area contributed by atoms with Gasteiger partial charge in [-0.05, 0) is 33.3 Å². The maximum absolute atomic E-state index is 12.1. The lowest BCUT2D eigenvalue weighted by Gasteiger charge is -2.25. The fourth-order valence-corrected chi connectivity index (χ4v) is 2.59. The molecule has 5 nitrogen and oxygen atoms in total. The van der Waals surface area contributed by atoms with E-state index in [1.807, 2.05) is 51.1 Å². The van der Waals surface area contributed by atoms with Gasteiger partial charge in [-0.2, -0.15) is 0 Å². The first-order chi connectivity index (χ1) is 10.3. The minimum Gasteiger partial charge on any atom is -0.444 e. The molecule has 0 bridgehead atoms. The van der Waals surface area contributed by atoms with Crippen LogP contribution in [-0.2, 0) is 4.74 Å². The molecule has 1 aromatic carbocycles. The fourth-order valence-electron chi connectivity index (χ4n) is 2.59. The van der Waals surface area contributed by atoms with Crippen molar-refractivity contribution in [3.8, 4) is 0 Å². The van der Waals surface area contributed by atoms with Crippen LogP contribution in [0.4, 0.5) is 4.79 Å². The van der Waals surface area contributed by atoms with Crippen LogP contribution in [0.3, 0.4) is 0 Å². The van der Waals surface area contributed by atoms with E-state index in [-0.39, 0.29) is 18.2 Å². The molecule has 3 atom stereocenters. The van der Waals surface area contributed by atoms with Crippen LogP contribution in [0, 0.1) is 0 Å². The van der Waals surface area contributed by atoms with Crippen LogP contribution in [0.1, 0.15) is 39.3 Å². The highest BCUT2D eigenvalue weighted by molar-refractivity contribution is 5.68. The summed E-state index contributed by atoms with van der Waals surface area (Å²) in [5, 5.41) is 13.6. The van der Waals surface area contributed by atoms with Crippen molar-refractivity contribution < 1.29 is 14.6 Å². The fraction of sp³-hybridized carbons (Fsp3) is 0.588. The molecule has 0 radical (unpaired) electrons. The van der Waals surface area contributed by atoms with E-state index in [0.717, 1.165) is 5.56 Å². The normalized spacial score (nSPS) is 23.4. The standard InChI is InChI=1S/C17H26N2O3/c1-12(13-8-6-5-7-9-13)18-14-10-19(11-15(14)20)16(21)22-17(2,3)4/h5-9,12,14-15,18,20H,10-11H2,1-4H3/t12-,14+,15+/m1/s1. The molecule has 0 spiro atoms. The highest BCUT2D eigenvalue weighted by Crippen LogP contribution is 2.19. The first-order valence-electron chi connectivity index (χ1n) is 7.73. The molecule has 22 heavy (non-hydrogen) atoms. The van der Waals surface area contributed by atoms with E-state index in [1.165, 1.54) is 0 Å². The van der Waals surface area contributed by atoms with E-state index in [1.54, 1.807) is 4.90 Å². The highest BCUT2D eigenvalue weighted by Gasteiger charge is 2.36. The second-order valence-corrected chi connectivity index (χ2v) is 6.86. The van der Waals surface area contributed by atoms with Gasteiger partial charge < -0.3 is 20.1 Å². The molecule has 1 aliphatic rings. The van der Waals surface area contributed by atoms with Crippen molar-refractivity contribution in [3.63, 3.8) is 0 Å². The van der Waals surface area contributed by atoms with Crippen molar-refractivity contribution in [1.29, 1.82) is 0 Å². The molecule has 1 heterocycles. The average molecular weight is 306 g/mol. The number of aliphatic hydroxyl groups excluding tert-OH is 1. The topological polar surface area (TPSA) is 61.8 Å². The smallest absolute Gasteiger partial charge is 0.410 e. The number of rotatable bonds is 3. The maximum atomic E-state index is 12.1. The van der Waals surface area contributed by atoms with Gasteiger partial charge >= 0.3 is 6.09 Å². The Hall–Kier alpha value is -1.59. The first-order valence-corrected chi connectivity index (χ1v) is 7.73. The number of aliphatic hydroxyl groups is 1. The third kappa shape index (κ3) is 4.45. The van der Waals surface area contributed by atoms with Crippen molar-refractivity contribution in [2.75, 3.05) is 13.1 Å². The van der Waals surface area contributed by atoms with E-state index in [9.17, 15) is 9.90 Å². The van der Waals surface area contributed by atoms with Gasteiger partial charge in [-0.15, -0.1) is 0 Å². The van der Waals surface area contributed by atoms with Crippen molar-refractivity contribution in [2.45, 2.75) is 51.5 Å². The van der Waals surface area contributed by atoms with Crippen LogP contribution in [-0.4, -0.2) is 46.9 Å². The third-order valence-electron chi connectivity index (χ3n) is 3.70. The summed E-state index contributed by atoms with van der Waals surface area (Å²) in [6.07, 6.45) is -0.957. The van der Waals surface area contributed by atoms with E-state index in [4.69, 9.17) is 4.74 Å². The molecule has 0 aromatic heterocycles. The lowest BCUT2D eigenvalue weighted by atomic mass is 10.1. The van der Waals surface area contributed by atoms with E-state index in [0.29, 0.717) is 13.1 Å². The second kappa shape index (κ2) is 6.67. The number of hydrogen-bond acceptors (Lipinski definition) is 4. The molecule has 122 valence electrons. The molecule has 0 aliphatic carbocycles. The number of amides is 1. The van der Waals surface area contributed by atoms with Gasteiger partial charge in [0.15, 0.2) is 0 Å². The molecule has 1 saturated heterocycles. The zero-order chi connectivity index (χ0) is 16.3. The average Bonchev–Trinajstić information content (AvgIpc) is 2.79. The van der Waals surface area contributed by atoms with Crippen LogP contribution in [0.2, 0.25) is 0 Å². The van der Waals surface area contributed by atoms with Crippen LogP contribution in [0.15, 0.2) is 30.3 Å². The number of benzene rings is 1. The van der Waals surface area contributed by atoms with Gasteiger partial charge in [-0.3, -0.25) is 0 Å². The van der Waals surface area contributed by atoms with Crippen LogP contribution in [0.25, 0.3) is 0 Å². The first kappa shape index (κ1) is 16.8. The molecule has 0 saturated carbocycles. The Morgan fingerprint density at radius 3 is 2.55 bits per heavy atom. The van der Waals surface area contributed by atoms with Gasteiger partial charge in [0.05, 0.1) is 18.7 Å². The predicted octanol–water partition coefficient (Wildman–Crippen LogP) is 2.32. The van der Waals surface area contributed by atoms with Gasteiger partial charge in [-0.25, -0.2) is 4.79 Å². The minimum absolute atomic E-state index is 0.111. The number of hydrogen-bond donors (Lipinski definition) is 2. The molecule has 1 aromatic rings. The minimum atomic E-state index is -0.585. The van der Waals surface area contributed by atoms with Crippen LogP contribution >= 0.6 is 0 Å². The molecule has 1 fully saturated rings. The largest absolute Gasteiger partial charge is 0.444 e. The molecule has 0 unspecified atom stereocenters. The van der Waals surface area contributed by atoms with Crippen molar-refractivity contribution >= 4 is 6.09 Å². The highest BCUT2D eigenvalue weighted by atomic mass is 16.6. The SMILES string of the molecule is C[C@@H](N[C@H]1CN(C(=O)OC(C)(C)C)C[C@@H]1O)c1ccccc1. The Balaban J connectivity index is 1.92. The Bertz CT molecular complexity index is 498. The van der Waals surface area contributed by atoms with Gasteiger partial charge in [0.2, 0.25) is 0 Å². The van der Waals surface area contributed by atoms with Crippen LogP contribution in [0.5, 0.6) is 0 Å². The monoisotopic (exact) mass is 306 g/mol. The van der Waals surface area contributed by atoms with E-state index >= 15 is 0 Å². The lowest BCUT2D eigenvalue weighted by Crippen LogP contribution is -2.41. The van der Waals surface area contributed by atoms with Crippen molar-refractivity contribution in [1.82, 2.24) is 10.2 Å². The summed E-state index contributed by atoms with van der Waals surface area (Å²) in [7, 11) is 0. The van der Waals surface area contributed by atoms with Gasteiger partial charge in [0.25, 0.3) is 0 Å². The number of carbonyl (C=O) groups is 1. The summed E-state index contributed by atoms with van der Waals surface area (Å²) in [5.74, 6) is 0. The maximum Gasteiger partial charge on any atom is 0.410 e. The lowest BCUT2D eigenvalue weighted by molar-refractivity contribution is 0.0270. The predicted molar refractivity (Wildman–Crippen MR) is 85.6 cm³/mol. The number of nitrogens with zero attached hydrogens (tertiary/aromatic N) is 1. The summed E-state index contributed by atoms with van der Waals surface area (Å²) in [6, 6.07) is 10.0. The van der Waals surface area contributed by atoms with Gasteiger partial charge in [-0.1, -0.05) is 30.3 Å². The number of carbonyl (C=O) groups excluding carboxylic acids is 1. The number of likely N-dealkylation sites (tertiary alicyclic amines) is 1. The molecule has 1 aliphatic heterocycles. The Kier molecular flexibility index (Phi) is 5.08. The van der Waals surface area contributed by atoms with Crippen molar-refractivity contribution in [2.24, 2.45) is 0 Å². The summed E-state index contributed by atoms with van der Waals surface area (Å²) >= 11 is 0. The Morgan fingerprint density at radius 1 is 1.32 bits per heavy atom. The quantitative estimate of drug-likeness (QED) is 0.899. The number of ether oxygens (including phenoxy) is 1. The summed E-state index contributed by atoms with van der Waals surface area (Å²) in [6.45, 7) is 8.32. The number of nitrogens with one attached hydrogen (secondary N) is 1. The van der Waals surface area contributed by atoms with Gasteiger partial charge in [0.1, 0.15) is 5.60 Å². The second-order valence-electron chi connectivity index (χ2n) is 6.86. The zero-order valence-electron chi connectivity index (χ0n) is 13.7. The molecule has 2 rings (SSSR count). The van der Waals surface area contributed by atoms with E-state index < -0.39 is 11.7 Å². The molecule has 1 amide bonds. The van der Waals surface area contributed by atoms with Gasteiger partial charge in [0, 0.05) is 12.6 Å². The third-order valence-corrected chi connectivity index (χ3v) is 3.70. The molecular formula is C17H26N2O3. The van der Waals surface area contributed by atoms with E-state index in [2.05, 4.69) is 12.2 Å². The summed E-state index contributed by atoms with van der Waals surface area (Å²) in [5.41, 5.74) is 0.635. The molecular weight excluding hydrogens is 280 g/mol. The molecule has 2 N–H and O–H groups in total. The summed E-state index contributed by atoms with van der Waals surface area (Å²) in [4.78, 5) is 13.6. The van der Waals surface area contributed by atoms with Crippen molar-refractivity contribution in [3.05, 3.63) is 35.9 Å². The Labute approximate surface area is 132 Å². The summed E-state index contributed by atoms with van der Waals surface area (Å²) < 4.78 is 5.36. The Morgan fingerprint density at radius 2 is 1.95 bits per heavy atom. The zero-order valence-corrected chi connectivity index (χ0v) is 13.7.